The molecule has 3 aromatic rings. The van der Waals surface area contributed by atoms with E-state index in [1.54, 1.807) is 7.05 Å². The maximum atomic E-state index is 12.5. The van der Waals surface area contributed by atoms with Gasteiger partial charge in [-0.25, -0.2) is 0 Å². The molecular weight excluding hydrogens is 525 g/mol. The molecule has 3 N–H and O–H groups in total. The highest BCUT2D eigenvalue weighted by atomic mass is 127. The summed E-state index contributed by atoms with van der Waals surface area (Å²) >= 11 is 0. The number of hydrogen-bond acceptors (Lipinski definition) is 2. The number of aromatic amines is 1. The average Bonchev–Trinajstić information content (AvgIpc) is 3.44. The minimum absolute atomic E-state index is 0. The van der Waals surface area contributed by atoms with Gasteiger partial charge in [-0.05, 0) is 41.5 Å². The number of nitrogens with one attached hydrogen (secondary N) is 3. The summed E-state index contributed by atoms with van der Waals surface area (Å²) < 4.78 is 0. The maximum Gasteiger partial charge on any atom is 0.223 e. The minimum Gasteiger partial charge on any atom is -0.361 e. The van der Waals surface area contributed by atoms with Gasteiger partial charge in [-0.3, -0.25) is 9.79 Å². The van der Waals surface area contributed by atoms with Gasteiger partial charge in [-0.15, -0.1) is 24.0 Å². The van der Waals surface area contributed by atoms with Crippen molar-refractivity contribution >= 4 is 46.7 Å². The van der Waals surface area contributed by atoms with Gasteiger partial charge in [0.25, 0.3) is 0 Å². The number of aliphatic imine (C=N–C) groups is 1. The average molecular weight is 559 g/mol. The third kappa shape index (κ3) is 6.07. The van der Waals surface area contributed by atoms with Crippen LogP contribution in [0.5, 0.6) is 0 Å². The van der Waals surface area contributed by atoms with Crippen molar-refractivity contribution in [2.75, 3.05) is 20.1 Å². The Hall–Kier alpha value is -2.55. The number of nitrogens with zero attached hydrogens (tertiary/aromatic N) is 2. The lowest BCUT2D eigenvalue weighted by molar-refractivity contribution is -0.131. The molecule has 0 unspecified atom stereocenters. The summed E-state index contributed by atoms with van der Waals surface area (Å²) in [4.78, 5) is 22.2. The fourth-order valence-corrected chi connectivity index (χ4v) is 4.43. The van der Waals surface area contributed by atoms with Crippen LogP contribution in [0.4, 0.5) is 0 Å². The largest absolute Gasteiger partial charge is 0.361 e. The van der Waals surface area contributed by atoms with Crippen LogP contribution >= 0.6 is 24.0 Å². The van der Waals surface area contributed by atoms with Crippen molar-refractivity contribution in [1.82, 2.24) is 20.5 Å². The van der Waals surface area contributed by atoms with Gasteiger partial charge in [0.15, 0.2) is 5.96 Å². The summed E-state index contributed by atoms with van der Waals surface area (Å²) in [7, 11) is 1.78. The number of halogens is 1. The zero-order valence-corrected chi connectivity index (χ0v) is 21.8. The summed E-state index contributed by atoms with van der Waals surface area (Å²) in [6, 6.07) is 14.8. The van der Waals surface area contributed by atoms with Gasteiger partial charge in [0.05, 0.1) is 0 Å². The van der Waals surface area contributed by atoms with Crippen LogP contribution in [-0.4, -0.2) is 41.9 Å². The monoisotopic (exact) mass is 559 g/mol. The van der Waals surface area contributed by atoms with Crippen molar-refractivity contribution in [3.63, 3.8) is 0 Å². The van der Waals surface area contributed by atoms with Gasteiger partial charge < -0.3 is 20.5 Å². The van der Waals surface area contributed by atoms with Crippen LogP contribution < -0.4 is 10.6 Å². The van der Waals surface area contributed by atoms with Crippen molar-refractivity contribution < 1.29 is 4.79 Å². The Morgan fingerprint density at radius 1 is 1.03 bits per heavy atom. The lowest BCUT2D eigenvalue weighted by atomic mass is 10.1. The Morgan fingerprint density at radius 2 is 1.76 bits per heavy atom. The molecule has 1 aromatic heterocycles. The minimum atomic E-state index is 0. The number of hydrogen-bond donors (Lipinski definition) is 3. The summed E-state index contributed by atoms with van der Waals surface area (Å²) in [5, 5.41) is 8.02. The standard InChI is InChI=1S/C26H33N5O.HI/c1-3-19-10-6-11-23-20(16-30-25(19)23)13-15-29-26(27-2)28-14-7-12-24(32)31-17-21-8-4-5-9-22(21)18-31;/h4-6,8-11,16,30H,3,7,12-15,17-18H2,1-2H3,(H2,27,28,29);1H. The van der Waals surface area contributed by atoms with Crippen molar-refractivity contribution in [1.29, 1.82) is 0 Å². The normalized spacial score (nSPS) is 13.0. The van der Waals surface area contributed by atoms with Gasteiger partial charge in [-0.1, -0.05) is 49.4 Å². The van der Waals surface area contributed by atoms with E-state index >= 15 is 0 Å². The van der Waals surface area contributed by atoms with E-state index in [2.05, 4.69) is 64.1 Å². The fraction of sp³-hybridized carbons (Fsp3) is 0.385. The molecule has 0 saturated carbocycles. The third-order valence-corrected chi connectivity index (χ3v) is 6.23. The number of fused-ring (bicyclic) bond motifs is 2. The number of aromatic nitrogens is 1. The van der Waals surface area contributed by atoms with Crippen LogP contribution in [0.2, 0.25) is 0 Å². The SMILES string of the molecule is CCc1cccc2c(CCNC(=NC)NCCCC(=O)N3Cc4ccccc4C3)c[nH]c12.I. The second-order valence-corrected chi connectivity index (χ2v) is 8.30. The van der Waals surface area contributed by atoms with E-state index in [0.717, 1.165) is 51.4 Å². The number of benzene rings is 2. The van der Waals surface area contributed by atoms with Crippen LogP contribution in [0.25, 0.3) is 10.9 Å². The summed E-state index contributed by atoms with van der Waals surface area (Å²) in [5.74, 6) is 0.997. The molecule has 0 saturated heterocycles. The van der Waals surface area contributed by atoms with Crippen molar-refractivity contribution in [2.24, 2.45) is 4.99 Å². The number of aryl methyl sites for hydroxylation is 1. The molecule has 2 heterocycles. The summed E-state index contributed by atoms with van der Waals surface area (Å²) in [6.45, 7) is 5.18. The predicted molar refractivity (Wildman–Crippen MR) is 146 cm³/mol. The number of guanidine groups is 1. The topological polar surface area (TPSA) is 72.5 Å². The van der Waals surface area contributed by atoms with E-state index in [4.69, 9.17) is 0 Å². The predicted octanol–water partition coefficient (Wildman–Crippen LogP) is 4.38. The molecule has 1 aliphatic rings. The van der Waals surface area contributed by atoms with Gasteiger partial charge in [-0.2, -0.15) is 0 Å². The quantitative estimate of drug-likeness (QED) is 0.166. The van der Waals surface area contributed by atoms with E-state index in [1.807, 2.05) is 17.0 Å². The van der Waals surface area contributed by atoms with Gasteiger partial charge in [0, 0.05) is 56.7 Å². The lowest BCUT2D eigenvalue weighted by Gasteiger charge is -2.16. The molecule has 0 spiro atoms. The number of carbonyl (C=O) groups excluding carboxylic acids is 1. The zero-order chi connectivity index (χ0) is 22.3. The second-order valence-electron chi connectivity index (χ2n) is 8.30. The number of para-hydroxylation sites is 1. The number of rotatable bonds is 8. The van der Waals surface area contributed by atoms with Crippen LogP contribution in [0.3, 0.4) is 0 Å². The molecule has 0 bridgehead atoms. The smallest absolute Gasteiger partial charge is 0.223 e. The van der Waals surface area contributed by atoms with Gasteiger partial charge in [0.2, 0.25) is 5.91 Å². The highest BCUT2D eigenvalue weighted by Gasteiger charge is 2.22. The molecule has 0 aliphatic carbocycles. The Bertz CT molecular complexity index is 1080. The van der Waals surface area contributed by atoms with Gasteiger partial charge in [0.1, 0.15) is 0 Å². The molecule has 0 atom stereocenters. The molecule has 7 heteroatoms. The molecule has 1 aliphatic heterocycles. The van der Waals surface area contributed by atoms with Crippen molar-refractivity contribution in [3.05, 3.63) is 70.9 Å². The summed E-state index contributed by atoms with van der Waals surface area (Å²) in [5.41, 5.74) is 6.45. The van der Waals surface area contributed by atoms with Gasteiger partial charge >= 0.3 is 0 Å². The van der Waals surface area contributed by atoms with Crippen molar-refractivity contribution in [3.8, 4) is 0 Å². The first kappa shape index (κ1) is 25.1. The molecule has 33 heavy (non-hydrogen) atoms. The number of carbonyl (C=O) groups is 1. The first-order valence-electron chi connectivity index (χ1n) is 11.6. The highest BCUT2D eigenvalue weighted by Crippen LogP contribution is 2.23. The Kier molecular flexibility index (Phi) is 9.17. The molecule has 0 radical (unpaired) electrons. The first-order valence-corrected chi connectivity index (χ1v) is 11.6. The van der Waals surface area contributed by atoms with Crippen molar-refractivity contribution in [2.45, 2.75) is 45.7 Å². The Balaban J connectivity index is 0.00000306. The molecule has 2 aromatic carbocycles. The van der Waals surface area contributed by atoms with E-state index < -0.39 is 0 Å². The molecule has 0 fully saturated rings. The fourth-order valence-electron chi connectivity index (χ4n) is 4.43. The van der Waals surface area contributed by atoms with E-state index in [0.29, 0.717) is 6.42 Å². The number of H-pyrrole nitrogens is 1. The first-order chi connectivity index (χ1) is 15.7. The second kappa shape index (κ2) is 12.1. The number of amides is 1. The Labute approximate surface area is 213 Å². The molecule has 1 amide bonds. The maximum absolute atomic E-state index is 12.5. The molecule has 4 rings (SSSR count). The zero-order valence-electron chi connectivity index (χ0n) is 19.5. The third-order valence-electron chi connectivity index (χ3n) is 6.23. The Morgan fingerprint density at radius 3 is 2.45 bits per heavy atom. The summed E-state index contributed by atoms with van der Waals surface area (Å²) in [6.07, 6.45) is 5.40. The van der Waals surface area contributed by atoms with Crippen LogP contribution in [0.1, 0.15) is 42.0 Å². The molecule has 176 valence electrons. The van der Waals surface area contributed by atoms with E-state index in [1.165, 1.54) is 33.2 Å². The lowest BCUT2D eigenvalue weighted by Crippen LogP contribution is -2.39. The highest BCUT2D eigenvalue weighted by molar-refractivity contribution is 14.0. The van der Waals surface area contributed by atoms with Crippen LogP contribution in [-0.2, 0) is 30.7 Å². The van der Waals surface area contributed by atoms with Crippen LogP contribution in [0.15, 0.2) is 53.7 Å². The molecule has 6 nitrogen and oxygen atoms in total. The van der Waals surface area contributed by atoms with E-state index in [9.17, 15) is 4.79 Å². The molecular formula is C26H34IN5O. The van der Waals surface area contributed by atoms with Crippen LogP contribution in [0, 0.1) is 0 Å². The van der Waals surface area contributed by atoms with E-state index in [-0.39, 0.29) is 29.9 Å².